The summed E-state index contributed by atoms with van der Waals surface area (Å²) in [5, 5.41) is 13.7. The van der Waals surface area contributed by atoms with Crippen LogP contribution in [0.15, 0.2) is 41.5 Å². The van der Waals surface area contributed by atoms with Crippen LogP contribution in [0.3, 0.4) is 0 Å². The lowest BCUT2D eigenvalue weighted by Crippen LogP contribution is -2.43. The molecule has 0 bridgehead atoms. The first kappa shape index (κ1) is 24.9. The molecule has 7 nitrogen and oxygen atoms in total. The van der Waals surface area contributed by atoms with E-state index in [1.54, 1.807) is 16.8 Å². The molecule has 0 radical (unpaired) electrons. The Bertz CT molecular complexity index is 798. The van der Waals surface area contributed by atoms with Gasteiger partial charge in [-0.1, -0.05) is 0 Å². The molecule has 1 heterocycles. The standard InChI is InChI=1S/C20H29FN6O.HI/c1-5-22-19(24-14-18(28)25-20(2,3)4)23-12-10-16-11-13-27(26-16)17-8-6-15(21)7-9-17;/h6-9,11,13H,5,10,12,14H2,1-4H3,(H,25,28)(H2,22,23,24);1H. The van der Waals surface area contributed by atoms with E-state index in [-0.39, 0.29) is 47.8 Å². The van der Waals surface area contributed by atoms with Crippen molar-refractivity contribution in [2.45, 2.75) is 39.7 Å². The second kappa shape index (κ2) is 11.7. The zero-order chi connectivity index (χ0) is 20.6. The van der Waals surface area contributed by atoms with Crippen molar-refractivity contribution < 1.29 is 9.18 Å². The van der Waals surface area contributed by atoms with Crippen molar-refractivity contribution in [3.05, 3.63) is 48.0 Å². The zero-order valence-corrected chi connectivity index (χ0v) is 19.7. The van der Waals surface area contributed by atoms with E-state index in [0.29, 0.717) is 25.5 Å². The topological polar surface area (TPSA) is 83.3 Å². The summed E-state index contributed by atoms with van der Waals surface area (Å²) in [7, 11) is 0. The summed E-state index contributed by atoms with van der Waals surface area (Å²) in [6, 6.07) is 8.11. The first-order valence-electron chi connectivity index (χ1n) is 9.40. The summed E-state index contributed by atoms with van der Waals surface area (Å²) in [5.74, 6) is 0.194. The molecule has 0 aliphatic rings. The Morgan fingerprint density at radius 1 is 1.17 bits per heavy atom. The fourth-order valence-electron chi connectivity index (χ4n) is 2.49. The predicted octanol–water partition coefficient (Wildman–Crippen LogP) is 2.64. The fourth-order valence-corrected chi connectivity index (χ4v) is 2.49. The number of rotatable bonds is 7. The van der Waals surface area contributed by atoms with Crippen LogP contribution in [-0.2, 0) is 11.2 Å². The maximum atomic E-state index is 13.0. The minimum Gasteiger partial charge on any atom is -0.357 e. The summed E-state index contributed by atoms with van der Waals surface area (Å²) in [6.07, 6.45) is 2.53. The molecule has 0 saturated carbocycles. The van der Waals surface area contributed by atoms with Crippen LogP contribution in [0.1, 0.15) is 33.4 Å². The van der Waals surface area contributed by atoms with E-state index in [1.165, 1.54) is 12.1 Å². The van der Waals surface area contributed by atoms with E-state index in [1.807, 2.05) is 40.0 Å². The fraction of sp³-hybridized carbons (Fsp3) is 0.450. The summed E-state index contributed by atoms with van der Waals surface area (Å²) >= 11 is 0. The third kappa shape index (κ3) is 9.25. The van der Waals surface area contributed by atoms with Crippen LogP contribution in [0.5, 0.6) is 0 Å². The molecule has 9 heteroatoms. The predicted molar refractivity (Wildman–Crippen MR) is 125 cm³/mol. The Balaban J connectivity index is 0.00000420. The number of benzene rings is 1. The van der Waals surface area contributed by atoms with Gasteiger partial charge in [0.1, 0.15) is 12.4 Å². The van der Waals surface area contributed by atoms with Gasteiger partial charge in [0, 0.05) is 31.2 Å². The van der Waals surface area contributed by atoms with Gasteiger partial charge in [0.2, 0.25) is 5.91 Å². The van der Waals surface area contributed by atoms with E-state index in [0.717, 1.165) is 11.4 Å². The molecule has 0 fully saturated rings. The molecule has 2 aromatic rings. The van der Waals surface area contributed by atoms with Crippen LogP contribution in [-0.4, -0.2) is 46.8 Å². The molecule has 1 amide bonds. The summed E-state index contributed by atoms with van der Waals surface area (Å²) in [4.78, 5) is 16.2. The van der Waals surface area contributed by atoms with Crippen molar-refractivity contribution in [2.24, 2.45) is 4.99 Å². The number of aromatic nitrogens is 2. The number of carbonyl (C=O) groups is 1. The highest BCUT2D eigenvalue weighted by Crippen LogP contribution is 2.09. The van der Waals surface area contributed by atoms with Crippen LogP contribution in [0.25, 0.3) is 5.69 Å². The van der Waals surface area contributed by atoms with Gasteiger partial charge in [-0.05, 0) is 58.0 Å². The van der Waals surface area contributed by atoms with Gasteiger partial charge in [-0.3, -0.25) is 4.79 Å². The van der Waals surface area contributed by atoms with Gasteiger partial charge in [-0.15, -0.1) is 24.0 Å². The van der Waals surface area contributed by atoms with Gasteiger partial charge < -0.3 is 16.0 Å². The number of halogens is 2. The molecule has 0 aliphatic carbocycles. The molecule has 0 saturated heterocycles. The van der Waals surface area contributed by atoms with Gasteiger partial charge in [-0.2, -0.15) is 5.10 Å². The van der Waals surface area contributed by atoms with Crippen LogP contribution in [0, 0.1) is 5.82 Å². The number of hydrogen-bond acceptors (Lipinski definition) is 3. The van der Waals surface area contributed by atoms with Crippen LogP contribution in [0.4, 0.5) is 4.39 Å². The SMILES string of the molecule is CCNC(=NCC(=O)NC(C)(C)C)NCCc1ccn(-c2ccc(F)cc2)n1.I. The normalized spacial score (nSPS) is 11.6. The Labute approximate surface area is 188 Å². The van der Waals surface area contributed by atoms with Crippen molar-refractivity contribution in [1.29, 1.82) is 0 Å². The number of carbonyl (C=O) groups excluding carboxylic acids is 1. The molecular weight excluding hydrogens is 486 g/mol. The van der Waals surface area contributed by atoms with E-state index < -0.39 is 0 Å². The van der Waals surface area contributed by atoms with E-state index in [4.69, 9.17) is 0 Å². The van der Waals surface area contributed by atoms with Gasteiger partial charge >= 0.3 is 0 Å². The number of hydrogen-bond donors (Lipinski definition) is 3. The van der Waals surface area contributed by atoms with Crippen molar-refractivity contribution in [3.8, 4) is 5.69 Å². The number of aliphatic imine (C=N–C) groups is 1. The van der Waals surface area contributed by atoms with Crippen molar-refractivity contribution in [1.82, 2.24) is 25.7 Å². The van der Waals surface area contributed by atoms with Gasteiger partial charge in [0.05, 0.1) is 11.4 Å². The zero-order valence-electron chi connectivity index (χ0n) is 17.3. The molecule has 3 N–H and O–H groups in total. The van der Waals surface area contributed by atoms with E-state index in [2.05, 4.69) is 26.0 Å². The smallest absolute Gasteiger partial charge is 0.242 e. The lowest BCUT2D eigenvalue weighted by atomic mass is 10.1. The molecule has 0 unspecified atom stereocenters. The van der Waals surface area contributed by atoms with E-state index in [9.17, 15) is 9.18 Å². The Kier molecular flexibility index (Phi) is 10.1. The quantitative estimate of drug-likeness (QED) is 0.300. The van der Waals surface area contributed by atoms with Gasteiger partial charge in [0.15, 0.2) is 5.96 Å². The van der Waals surface area contributed by atoms with Crippen LogP contribution in [0.2, 0.25) is 0 Å². The van der Waals surface area contributed by atoms with Crippen LogP contribution >= 0.6 is 24.0 Å². The van der Waals surface area contributed by atoms with Crippen molar-refractivity contribution in [3.63, 3.8) is 0 Å². The molecule has 0 aliphatic heterocycles. The second-order valence-electron chi connectivity index (χ2n) is 7.40. The molecular formula is C20H30FIN6O. The minimum atomic E-state index is -0.276. The molecule has 0 atom stereocenters. The minimum absolute atomic E-state index is 0. The Morgan fingerprint density at radius 2 is 1.86 bits per heavy atom. The Morgan fingerprint density at radius 3 is 2.48 bits per heavy atom. The maximum absolute atomic E-state index is 13.0. The Hall–Kier alpha value is -2.17. The van der Waals surface area contributed by atoms with Gasteiger partial charge in [0.25, 0.3) is 0 Å². The third-order valence-electron chi connectivity index (χ3n) is 3.65. The molecule has 160 valence electrons. The first-order chi connectivity index (χ1) is 13.3. The monoisotopic (exact) mass is 516 g/mol. The highest BCUT2D eigenvalue weighted by molar-refractivity contribution is 14.0. The molecule has 1 aromatic carbocycles. The number of nitrogens with zero attached hydrogens (tertiary/aromatic N) is 3. The van der Waals surface area contributed by atoms with Crippen molar-refractivity contribution in [2.75, 3.05) is 19.6 Å². The summed E-state index contributed by atoms with van der Waals surface area (Å²) in [5.41, 5.74) is 1.43. The van der Waals surface area contributed by atoms with Gasteiger partial charge in [-0.25, -0.2) is 14.1 Å². The summed E-state index contributed by atoms with van der Waals surface area (Å²) < 4.78 is 14.7. The molecule has 2 rings (SSSR count). The maximum Gasteiger partial charge on any atom is 0.242 e. The highest BCUT2D eigenvalue weighted by atomic mass is 127. The van der Waals surface area contributed by atoms with E-state index >= 15 is 0 Å². The second-order valence-corrected chi connectivity index (χ2v) is 7.40. The first-order valence-corrected chi connectivity index (χ1v) is 9.40. The average Bonchev–Trinajstić information content (AvgIpc) is 3.07. The lowest BCUT2D eigenvalue weighted by Gasteiger charge is -2.20. The molecule has 29 heavy (non-hydrogen) atoms. The average molecular weight is 516 g/mol. The molecule has 0 spiro atoms. The third-order valence-corrected chi connectivity index (χ3v) is 3.65. The number of nitrogens with one attached hydrogen (secondary N) is 3. The molecule has 1 aromatic heterocycles. The summed E-state index contributed by atoms with van der Waals surface area (Å²) in [6.45, 7) is 9.15. The largest absolute Gasteiger partial charge is 0.357 e. The highest BCUT2D eigenvalue weighted by Gasteiger charge is 2.13. The lowest BCUT2D eigenvalue weighted by molar-refractivity contribution is -0.121. The number of guanidine groups is 1. The number of amides is 1. The van der Waals surface area contributed by atoms with Crippen molar-refractivity contribution >= 4 is 35.8 Å². The van der Waals surface area contributed by atoms with Crippen LogP contribution < -0.4 is 16.0 Å².